The summed E-state index contributed by atoms with van der Waals surface area (Å²) in [5.41, 5.74) is 0.616. The molecular formula is C12H10FNO2. The minimum Gasteiger partial charge on any atom is -0.494 e. The van der Waals surface area contributed by atoms with E-state index in [2.05, 4.69) is 4.98 Å². The van der Waals surface area contributed by atoms with Gasteiger partial charge in [-0.05, 0) is 17.7 Å². The van der Waals surface area contributed by atoms with Gasteiger partial charge in [0, 0.05) is 17.8 Å². The molecule has 0 bridgehead atoms. The predicted molar refractivity (Wildman–Crippen MR) is 59.0 cm³/mol. The van der Waals surface area contributed by atoms with Crippen molar-refractivity contribution in [1.82, 2.24) is 4.98 Å². The van der Waals surface area contributed by atoms with Crippen LogP contribution in [0.5, 0.6) is 5.75 Å². The maximum Gasteiger partial charge on any atom is 0.248 e. The fourth-order valence-electron chi connectivity index (χ4n) is 1.50. The molecule has 0 fully saturated rings. The van der Waals surface area contributed by atoms with Crippen molar-refractivity contribution in [3.63, 3.8) is 0 Å². The number of hydrogen-bond donors (Lipinski definition) is 1. The van der Waals surface area contributed by atoms with E-state index in [1.807, 2.05) is 0 Å². The highest BCUT2D eigenvalue weighted by molar-refractivity contribution is 5.65. The van der Waals surface area contributed by atoms with Gasteiger partial charge < -0.3 is 9.72 Å². The van der Waals surface area contributed by atoms with Gasteiger partial charge in [0.1, 0.15) is 0 Å². The molecule has 1 heterocycles. The van der Waals surface area contributed by atoms with Crippen LogP contribution in [-0.2, 0) is 0 Å². The Hall–Kier alpha value is -2.10. The number of nitrogens with one attached hydrogen (secondary N) is 1. The molecule has 4 heteroatoms. The molecule has 0 radical (unpaired) electrons. The molecule has 0 spiro atoms. The predicted octanol–water partition coefficient (Wildman–Crippen LogP) is 2.19. The topological polar surface area (TPSA) is 42.1 Å². The van der Waals surface area contributed by atoms with E-state index in [1.54, 1.807) is 18.2 Å². The average molecular weight is 219 g/mol. The first-order valence-corrected chi connectivity index (χ1v) is 4.74. The zero-order chi connectivity index (χ0) is 11.5. The van der Waals surface area contributed by atoms with Crippen molar-refractivity contribution in [2.75, 3.05) is 7.11 Å². The Morgan fingerprint density at radius 1 is 1.31 bits per heavy atom. The van der Waals surface area contributed by atoms with Gasteiger partial charge >= 0.3 is 0 Å². The number of halogens is 1. The molecule has 1 aromatic heterocycles. The van der Waals surface area contributed by atoms with Gasteiger partial charge in [0.05, 0.1) is 7.11 Å². The Morgan fingerprint density at radius 3 is 2.81 bits per heavy atom. The van der Waals surface area contributed by atoms with Gasteiger partial charge in [-0.2, -0.15) is 0 Å². The van der Waals surface area contributed by atoms with E-state index in [-0.39, 0.29) is 11.3 Å². The largest absolute Gasteiger partial charge is 0.494 e. The molecule has 0 amide bonds. The highest BCUT2D eigenvalue weighted by atomic mass is 19.1. The number of pyridine rings is 1. The molecule has 0 aliphatic heterocycles. The van der Waals surface area contributed by atoms with Gasteiger partial charge in [0.15, 0.2) is 11.6 Å². The summed E-state index contributed by atoms with van der Waals surface area (Å²) in [5, 5.41) is 0. The molecule has 1 N–H and O–H groups in total. The van der Waals surface area contributed by atoms with Crippen LogP contribution >= 0.6 is 0 Å². The van der Waals surface area contributed by atoms with Crippen molar-refractivity contribution < 1.29 is 9.13 Å². The van der Waals surface area contributed by atoms with Crippen LogP contribution in [0, 0.1) is 5.82 Å². The smallest absolute Gasteiger partial charge is 0.248 e. The van der Waals surface area contributed by atoms with Crippen molar-refractivity contribution >= 4 is 0 Å². The van der Waals surface area contributed by atoms with Crippen LogP contribution < -0.4 is 10.3 Å². The van der Waals surface area contributed by atoms with Crippen LogP contribution in [-0.4, -0.2) is 12.1 Å². The van der Waals surface area contributed by atoms with E-state index in [0.29, 0.717) is 11.1 Å². The summed E-state index contributed by atoms with van der Waals surface area (Å²) < 4.78 is 18.7. The number of aromatic nitrogens is 1. The molecule has 2 rings (SSSR count). The maximum absolute atomic E-state index is 13.9. The first-order chi connectivity index (χ1) is 7.72. The summed E-state index contributed by atoms with van der Waals surface area (Å²) in [4.78, 5) is 13.6. The summed E-state index contributed by atoms with van der Waals surface area (Å²) in [7, 11) is 1.40. The minimum atomic E-state index is -0.462. The number of hydrogen-bond acceptors (Lipinski definition) is 2. The quantitative estimate of drug-likeness (QED) is 0.841. The van der Waals surface area contributed by atoms with E-state index >= 15 is 0 Å². The Balaban J connectivity index is 2.60. The summed E-state index contributed by atoms with van der Waals surface area (Å²) in [6, 6.07) is 7.80. The second-order valence-electron chi connectivity index (χ2n) is 3.26. The summed E-state index contributed by atoms with van der Waals surface area (Å²) in [6.07, 6.45) is 1.48. The van der Waals surface area contributed by atoms with Crippen LogP contribution in [0.1, 0.15) is 0 Å². The third kappa shape index (κ3) is 1.82. The third-order valence-corrected chi connectivity index (χ3v) is 2.27. The molecular weight excluding hydrogens is 209 g/mol. The van der Waals surface area contributed by atoms with Gasteiger partial charge in [-0.1, -0.05) is 12.1 Å². The van der Waals surface area contributed by atoms with Gasteiger partial charge in [-0.3, -0.25) is 4.79 Å². The van der Waals surface area contributed by atoms with Crippen LogP contribution in [0.15, 0.2) is 41.3 Å². The SMILES string of the molecule is COc1cccc(-c2cc[nH]c(=O)c2)c1F. The molecule has 0 aliphatic rings. The Morgan fingerprint density at radius 2 is 2.12 bits per heavy atom. The minimum absolute atomic E-state index is 0.165. The van der Waals surface area contributed by atoms with E-state index in [0.717, 1.165) is 0 Å². The van der Waals surface area contributed by atoms with Crippen molar-refractivity contribution in [3.05, 3.63) is 52.7 Å². The van der Waals surface area contributed by atoms with Crippen LogP contribution in [0.3, 0.4) is 0 Å². The number of aromatic amines is 1. The summed E-state index contributed by atoms with van der Waals surface area (Å²) in [5.74, 6) is -0.298. The first kappa shape index (κ1) is 10.4. The zero-order valence-electron chi connectivity index (χ0n) is 8.66. The molecule has 1 aromatic carbocycles. The fourth-order valence-corrected chi connectivity index (χ4v) is 1.50. The van der Waals surface area contributed by atoms with Crippen molar-refractivity contribution in [3.8, 4) is 16.9 Å². The molecule has 0 unspecified atom stereocenters. The Kier molecular flexibility index (Phi) is 2.72. The van der Waals surface area contributed by atoms with Crippen molar-refractivity contribution in [2.45, 2.75) is 0 Å². The molecule has 0 atom stereocenters. The van der Waals surface area contributed by atoms with E-state index in [9.17, 15) is 9.18 Å². The summed E-state index contributed by atoms with van der Waals surface area (Å²) >= 11 is 0. The van der Waals surface area contributed by atoms with Crippen LogP contribution in [0.2, 0.25) is 0 Å². The zero-order valence-corrected chi connectivity index (χ0v) is 8.66. The van der Waals surface area contributed by atoms with Gasteiger partial charge in [-0.25, -0.2) is 4.39 Å². The number of H-pyrrole nitrogens is 1. The van der Waals surface area contributed by atoms with Crippen molar-refractivity contribution in [2.24, 2.45) is 0 Å². The van der Waals surface area contributed by atoms with Gasteiger partial charge in [0.25, 0.3) is 0 Å². The lowest BCUT2D eigenvalue weighted by molar-refractivity contribution is 0.387. The van der Waals surface area contributed by atoms with Crippen molar-refractivity contribution in [1.29, 1.82) is 0 Å². The number of ether oxygens (including phenoxy) is 1. The first-order valence-electron chi connectivity index (χ1n) is 4.74. The highest BCUT2D eigenvalue weighted by Gasteiger charge is 2.09. The Labute approximate surface area is 91.5 Å². The monoisotopic (exact) mass is 219 g/mol. The molecule has 0 aliphatic carbocycles. The number of rotatable bonds is 2. The highest BCUT2D eigenvalue weighted by Crippen LogP contribution is 2.27. The van der Waals surface area contributed by atoms with Crippen LogP contribution in [0.25, 0.3) is 11.1 Å². The second-order valence-corrected chi connectivity index (χ2v) is 3.26. The van der Waals surface area contributed by atoms with Crippen LogP contribution in [0.4, 0.5) is 4.39 Å². The lowest BCUT2D eigenvalue weighted by Gasteiger charge is -2.06. The van der Waals surface area contributed by atoms with E-state index in [1.165, 1.54) is 25.4 Å². The molecule has 0 saturated carbocycles. The fraction of sp³-hybridized carbons (Fsp3) is 0.0833. The van der Waals surface area contributed by atoms with E-state index < -0.39 is 5.82 Å². The third-order valence-electron chi connectivity index (χ3n) is 2.27. The molecule has 0 saturated heterocycles. The van der Waals surface area contributed by atoms with E-state index in [4.69, 9.17) is 4.74 Å². The molecule has 3 nitrogen and oxygen atoms in total. The number of methoxy groups -OCH3 is 1. The Bertz CT molecular complexity index is 563. The van der Waals surface area contributed by atoms with Gasteiger partial charge in [-0.15, -0.1) is 0 Å². The normalized spacial score (nSPS) is 10.1. The molecule has 2 aromatic rings. The number of benzene rings is 1. The standard InChI is InChI=1S/C12H10FNO2/c1-16-10-4-2-3-9(12(10)13)8-5-6-14-11(15)7-8/h2-7H,1H3,(H,14,15). The molecule has 16 heavy (non-hydrogen) atoms. The average Bonchev–Trinajstić information content (AvgIpc) is 2.29. The lowest BCUT2D eigenvalue weighted by Crippen LogP contribution is -2.02. The lowest BCUT2D eigenvalue weighted by atomic mass is 10.1. The van der Waals surface area contributed by atoms with Gasteiger partial charge in [0.2, 0.25) is 5.56 Å². The molecule has 82 valence electrons. The maximum atomic E-state index is 13.9. The summed E-state index contributed by atoms with van der Waals surface area (Å²) in [6.45, 7) is 0. The second kappa shape index (κ2) is 4.18.